The molecule has 160 valence electrons. The summed E-state index contributed by atoms with van der Waals surface area (Å²) < 4.78 is 16.3. The van der Waals surface area contributed by atoms with Gasteiger partial charge in [-0.05, 0) is 31.4 Å². The van der Waals surface area contributed by atoms with Crippen LogP contribution < -0.4 is 24.8 Å². The van der Waals surface area contributed by atoms with Crippen molar-refractivity contribution >= 4 is 29.9 Å². The molecule has 0 amide bonds. The molecule has 29 heavy (non-hydrogen) atoms. The molecule has 2 rings (SSSR count). The van der Waals surface area contributed by atoms with Crippen LogP contribution in [0.15, 0.2) is 41.4 Å². The summed E-state index contributed by atoms with van der Waals surface area (Å²) in [5.74, 6) is 2.94. The minimum Gasteiger partial charge on any atom is -0.496 e. The third-order valence-electron chi connectivity index (χ3n) is 4.72. The molecule has 0 saturated heterocycles. The molecule has 0 saturated carbocycles. The molecule has 0 bridgehead atoms. The number of halogens is 1. The molecule has 2 N–H and O–H groups in total. The Morgan fingerprint density at radius 2 is 1.66 bits per heavy atom. The summed E-state index contributed by atoms with van der Waals surface area (Å²) in [5, 5.41) is 6.81. The Kier molecular flexibility index (Phi) is 10.6. The van der Waals surface area contributed by atoms with E-state index in [1.165, 1.54) is 11.1 Å². The molecular formula is C22H32IN3O3. The Labute approximate surface area is 191 Å². The third kappa shape index (κ3) is 6.69. The second-order valence-corrected chi connectivity index (χ2v) is 6.48. The molecule has 7 heteroatoms. The quantitative estimate of drug-likeness (QED) is 0.316. The highest BCUT2D eigenvalue weighted by Gasteiger charge is 2.14. The SMILES string of the molecule is CN=C(NCCc1c(OC)cc(OC)cc1OC)NC(C)c1ccccc1C.I. The molecular weight excluding hydrogens is 481 g/mol. The molecule has 6 nitrogen and oxygen atoms in total. The number of nitrogens with one attached hydrogen (secondary N) is 2. The van der Waals surface area contributed by atoms with Gasteiger partial charge < -0.3 is 24.8 Å². The van der Waals surface area contributed by atoms with Crippen LogP contribution in [0.25, 0.3) is 0 Å². The zero-order valence-corrected chi connectivity index (χ0v) is 20.4. The average Bonchev–Trinajstić information content (AvgIpc) is 2.72. The van der Waals surface area contributed by atoms with Gasteiger partial charge >= 0.3 is 0 Å². The second kappa shape index (κ2) is 12.4. The third-order valence-corrected chi connectivity index (χ3v) is 4.72. The first-order chi connectivity index (χ1) is 13.5. The highest BCUT2D eigenvalue weighted by molar-refractivity contribution is 14.0. The zero-order valence-electron chi connectivity index (χ0n) is 18.0. The van der Waals surface area contributed by atoms with Crippen molar-refractivity contribution in [2.24, 2.45) is 4.99 Å². The standard InChI is InChI=1S/C22H31N3O3.HI/c1-15-9-7-8-10-18(15)16(2)25-22(23-3)24-12-11-19-20(27-5)13-17(26-4)14-21(19)28-6;/h7-10,13-14,16H,11-12H2,1-6H3,(H2,23,24,25);1H. The number of aliphatic imine (C=N–C) groups is 1. The van der Waals surface area contributed by atoms with Crippen molar-refractivity contribution in [1.82, 2.24) is 10.6 Å². The van der Waals surface area contributed by atoms with Gasteiger partial charge in [0.25, 0.3) is 0 Å². The van der Waals surface area contributed by atoms with Crippen LogP contribution in [0.3, 0.4) is 0 Å². The highest BCUT2D eigenvalue weighted by Crippen LogP contribution is 2.34. The number of methoxy groups -OCH3 is 3. The Hall–Kier alpha value is -2.16. The largest absolute Gasteiger partial charge is 0.496 e. The van der Waals surface area contributed by atoms with Gasteiger partial charge in [-0.1, -0.05) is 24.3 Å². The lowest BCUT2D eigenvalue weighted by Crippen LogP contribution is -2.39. The number of hydrogen-bond donors (Lipinski definition) is 2. The van der Waals surface area contributed by atoms with Gasteiger partial charge in [0.2, 0.25) is 0 Å². The summed E-state index contributed by atoms with van der Waals surface area (Å²) in [6.07, 6.45) is 0.718. The normalized spacial score (nSPS) is 11.9. The van der Waals surface area contributed by atoms with E-state index in [9.17, 15) is 0 Å². The van der Waals surface area contributed by atoms with Gasteiger partial charge in [0, 0.05) is 31.3 Å². The van der Waals surface area contributed by atoms with Crippen LogP contribution in [0, 0.1) is 6.92 Å². The summed E-state index contributed by atoms with van der Waals surface area (Å²) in [4.78, 5) is 4.34. The smallest absolute Gasteiger partial charge is 0.191 e. The summed E-state index contributed by atoms with van der Waals surface area (Å²) >= 11 is 0. The number of rotatable bonds is 8. The van der Waals surface area contributed by atoms with Gasteiger partial charge in [-0.2, -0.15) is 0 Å². The number of nitrogens with zero attached hydrogens (tertiary/aromatic N) is 1. The Balaban J connectivity index is 0.00000420. The van der Waals surface area contributed by atoms with E-state index >= 15 is 0 Å². The van der Waals surface area contributed by atoms with Gasteiger partial charge in [-0.25, -0.2) is 0 Å². The Morgan fingerprint density at radius 3 is 2.17 bits per heavy atom. The second-order valence-electron chi connectivity index (χ2n) is 6.48. The molecule has 0 heterocycles. The van der Waals surface area contributed by atoms with Gasteiger partial charge in [0.05, 0.1) is 27.4 Å². The summed E-state index contributed by atoms with van der Waals surface area (Å²) in [6, 6.07) is 12.2. The monoisotopic (exact) mass is 513 g/mol. The van der Waals surface area contributed by atoms with Crippen LogP contribution in [0.2, 0.25) is 0 Å². The van der Waals surface area contributed by atoms with Crippen LogP contribution in [0.5, 0.6) is 17.2 Å². The van der Waals surface area contributed by atoms with Crippen molar-refractivity contribution < 1.29 is 14.2 Å². The van der Waals surface area contributed by atoms with Crippen molar-refractivity contribution in [2.45, 2.75) is 26.3 Å². The molecule has 0 spiro atoms. The van der Waals surface area contributed by atoms with E-state index in [2.05, 4.69) is 47.7 Å². The van der Waals surface area contributed by atoms with Crippen LogP contribution in [0.4, 0.5) is 0 Å². The minimum absolute atomic E-state index is 0. The van der Waals surface area contributed by atoms with E-state index in [4.69, 9.17) is 14.2 Å². The van der Waals surface area contributed by atoms with Crippen LogP contribution >= 0.6 is 24.0 Å². The van der Waals surface area contributed by atoms with Crippen molar-refractivity contribution in [3.05, 3.63) is 53.1 Å². The van der Waals surface area contributed by atoms with E-state index in [0.717, 1.165) is 29.4 Å². The minimum atomic E-state index is 0. The van der Waals surface area contributed by atoms with E-state index in [1.54, 1.807) is 28.4 Å². The topological polar surface area (TPSA) is 64.1 Å². The van der Waals surface area contributed by atoms with Gasteiger partial charge in [0.15, 0.2) is 5.96 Å². The van der Waals surface area contributed by atoms with Crippen molar-refractivity contribution in [2.75, 3.05) is 34.9 Å². The fourth-order valence-electron chi connectivity index (χ4n) is 3.18. The maximum atomic E-state index is 5.52. The lowest BCUT2D eigenvalue weighted by atomic mass is 10.0. The lowest BCUT2D eigenvalue weighted by molar-refractivity contribution is 0.368. The first-order valence-corrected chi connectivity index (χ1v) is 9.35. The number of guanidine groups is 1. The van der Waals surface area contributed by atoms with Crippen molar-refractivity contribution in [3.63, 3.8) is 0 Å². The van der Waals surface area contributed by atoms with Crippen molar-refractivity contribution in [3.8, 4) is 17.2 Å². The lowest BCUT2D eigenvalue weighted by Gasteiger charge is -2.20. The number of hydrogen-bond acceptors (Lipinski definition) is 4. The van der Waals surface area contributed by atoms with E-state index in [1.807, 2.05) is 18.2 Å². The summed E-state index contributed by atoms with van der Waals surface area (Å²) in [5.41, 5.74) is 3.50. The molecule has 2 aromatic carbocycles. The highest BCUT2D eigenvalue weighted by atomic mass is 127. The molecule has 1 atom stereocenters. The molecule has 0 aliphatic heterocycles. The van der Waals surface area contributed by atoms with Crippen LogP contribution in [0.1, 0.15) is 29.7 Å². The first kappa shape index (κ1) is 24.9. The number of benzene rings is 2. The average molecular weight is 513 g/mol. The molecule has 0 fully saturated rings. The van der Waals surface area contributed by atoms with Crippen LogP contribution in [-0.4, -0.2) is 40.9 Å². The Morgan fingerprint density at radius 1 is 1.03 bits per heavy atom. The summed E-state index contributed by atoms with van der Waals surface area (Å²) in [6.45, 7) is 4.93. The van der Waals surface area contributed by atoms with Crippen LogP contribution in [-0.2, 0) is 6.42 Å². The van der Waals surface area contributed by atoms with E-state index < -0.39 is 0 Å². The first-order valence-electron chi connectivity index (χ1n) is 9.35. The zero-order chi connectivity index (χ0) is 20.5. The molecule has 1 unspecified atom stereocenters. The maximum absolute atomic E-state index is 5.52. The predicted molar refractivity (Wildman–Crippen MR) is 129 cm³/mol. The van der Waals surface area contributed by atoms with Gasteiger partial charge in [-0.3, -0.25) is 4.99 Å². The van der Waals surface area contributed by atoms with E-state index in [-0.39, 0.29) is 30.0 Å². The Bertz CT molecular complexity index is 787. The molecule has 0 aliphatic carbocycles. The van der Waals surface area contributed by atoms with Gasteiger partial charge in [-0.15, -0.1) is 24.0 Å². The van der Waals surface area contributed by atoms with E-state index in [0.29, 0.717) is 12.3 Å². The van der Waals surface area contributed by atoms with Gasteiger partial charge in [0.1, 0.15) is 17.2 Å². The molecule has 0 aromatic heterocycles. The number of aryl methyl sites for hydroxylation is 1. The number of ether oxygens (including phenoxy) is 3. The van der Waals surface area contributed by atoms with Crippen molar-refractivity contribution in [1.29, 1.82) is 0 Å². The predicted octanol–water partition coefficient (Wildman–Crippen LogP) is 4.11. The fraction of sp³-hybridized carbons (Fsp3) is 0.409. The molecule has 0 aliphatic rings. The molecule has 2 aromatic rings. The maximum Gasteiger partial charge on any atom is 0.191 e. The summed E-state index contributed by atoms with van der Waals surface area (Å²) in [7, 11) is 6.69. The molecule has 0 radical (unpaired) electrons. The fourth-order valence-corrected chi connectivity index (χ4v) is 3.18.